The zero-order valence-corrected chi connectivity index (χ0v) is 9.06. The van der Waals surface area contributed by atoms with E-state index in [2.05, 4.69) is 26.0 Å². The molecule has 0 bridgehead atoms. The molecule has 0 aliphatic carbocycles. The predicted molar refractivity (Wildman–Crippen MR) is 63.6 cm³/mol. The van der Waals surface area contributed by atoms with E-state index >= 15 is 0 Å². The number of fused-ring (bicyclic) bond motifs is 1. The van der Waals surface area contributed by atoms with E-state index in [1.807, 2.05) is 16.8 Å². The van der Waals surface area contributed by atoms with Crippen LogP contribution < -0.4 is 5.73 Å². The highest BCUT2D eigenvalue weighted by molar-refractivity contribution is 7.80. The molecule has 2 nitrogen and oxygen atoms in total. The van der Waals surface area contributed by atoms with Crippen LogP contribution in [-0.4, -0.2) is 9.68 Å². The third-order valence-corrected chi connectivity index (χ3v) is 2.55. The lowest BCUT2D eigenvalue weighted by Crippen LogP contribution is -2.18. The van der Waals surface area contributed by atoms with Gasteiger partial charge in [-0.25, -0.2) is 0 Å². The third-order valence-electron chi connectivity index (χ3n) is 2.36. The van der Waals surface area contributed by atoms with E-state index in [9.17, 15) is 0 Å². The Balaban J connectivity index is 2.85. The van der Waals surface area contributed by atoms with Crippen LogP contribution in [0.4, 0.5) is 0 Å². The topological polar surface area (TPSA) is 30.9 Å². The van der Waals surface area contributed by atoms with Gasteiger partial charge in [0, 0.05) is 11.6 Å². The lowest BCUT2D eigenvalue weighted by molar-refractivity contribution is 1.21. The zero-order valence-electron chi connectivity index (χ0n) is 8.24. The molecule has 0 aliphatic rings. The summed E-state index contributed by atoms with van der Waals surface area (Å²) < 4.78 is 1.85. The number of aromatic nitrogens is 1. The van der Waals surface area contributed by atoms with Crippen molar-refractivity contribution in [2.75, 3.05) is 0 Å². The highest BCUT2D eigenvalue weighted by Gasteiger charge is 2.05. The van der Waals surface area contributed by atoms with Crippen molar-refractivity contribution < 1.29 is 0 Å². The monoisotopic (exact) mass is 204 g/mol. The van der Waals surface area contributed by atoms with Crippen LogP contribution in [0, 0.1) is 13.8 Å². The van der Waals surface area contributed by atoms with E-state index in [1.54, 1.807) is 0 Å². The molecule has 2 aromatic rings. The fourth-order valence-corrected chi connectivity index (χ4v) is 2.01. The van der Waals surface area contributed by atoms with Gasteiger partial charge >= 0.3 is 0 Å². The molecular weight excluding hydrogens is 192 g/mol. The fraction of sp³-hybridized carbons (Fsp3) is 0.182. The first-order valence-corrected chi connectivity index (χ1v) is 4.88. The molecule has 0 spiro atoms. The van der Waals surface area contributed by atoms with E-state index in [0.29, 0.717) is 5.11 Å². The molecule has 14 heavy (non-hydrogen) atoms. The molecule has 0 atom stereocenters. The molecule has 2 rings (SSSR count). The van der Waals surface area contributed by atoms with Crippen molar-refractivity contribution in [3.8, 4) is 0 Å². The van der Waals surface area contributed by atoms with Crippen LogP contribution >= 0.6 is 12.2 Å². The van der Waals surface area contributed by atoms with Crippen LogP contribution in [-0.2, 0) is 0 Å². The van der Waals surface area contributed by atoms with E-state index in [0.717, 1.165) is 5.52 Å². The Morgan fingerprint density at radius 3 is 2.71 bits per heavy atom. The van der Waals surface area contributed by atoms with Crippen LogP contribution in [0.3, 0.4) is 0 Å². The summed E-state index contributed by atoms with van der Waals surface area (Å²) in [6, 6.07) is 6.31. The van der Waals surface area contributed by atoms with E-state index in [4.69, 9.17) is 18.0 Å². The lowest BCUT2D eigenvalue weighted by atomic mass is 10.1. The highest BCUT2D eigenvalue weighted by atomic mass is 32.1. The van der Waals surface area contributed by atoms with Crippen LogP contribution in [0.5, 0.6) is 0 Å². The standard InChI is InChI=1S/C11H12N2S/c1-7-5-8(2)10-9(6-7)3-4-13(10)11(12)14/h3-6H,1-2H3,(H2,12,14). The molecule has 0 aliphatic heterocycles. The quantitative estimate of drug-likeness (QED) is 0.668. The second kappa shape index (κ2) is 3.10. The number of hydrogen-bond donors (Lipinski definition) is 1. The number of aryl methyl sites for hydroxylation is 2. The molecular formula is C11H12N2S. The third kappa shape index (κ3) is 1.30. The van der Waals surface area contributed by atoms with Crippen molar-refractivity contribution >= 4 is 28.2 Å². The van der Waals surface area contributed by atoms with Crippen molar-refractivity contribution in [3.63, 3.8) is 0 Å². The molecule has 1 aromatic heterocycles. The van der Waals surface area contributed by atoms with Gasteiger partial charge in [0.2, 0.25) is 0 Å². The maximum atomic E-state index is 5.63. The van der Waals surface area contributed by atoms with Crippen molar-refractivity contribution in [2.45, 2.75) is 13.8 Å². The molecule has 2 N–H and O–H groups in total. The van der Waals surface area contributed by atoms with E-state index in [-0.39, 0.29) is 0 Å². The van der Waals surface area contributed by atoms with Gasteiger partial charge in [-0.05, 0) is 43.8 Å². The van der Waals surface area contributed by atoms with Gasteiger partial charge in [0.05, 0.1) is 5.52 Å². The predicted octanol–water partition coefficient (Wildman–Crippen LogP) is 2.35. The van der Waals surface area contributed by atoms with Gasteiger partial charge in [0.1, 0.15) is 0 Å². The fourth-order valence-electron chi connectivity index (χ4n) is 1.86. The smallest absolute Gasteiger partial charge is 0.175 e. The SMILES string of the molecule is Cc1cc(C)c2c(ccn2C(N)=S)c1. The maximum absolute atomic E-state index is 5.63. The van der Waals surface area contributed by atoms with Crippen LogP contribution in [0.1, 0.15) is 11.1 Å². The number of rotatable bonds is 0. The summed E-state index contributed by atoms with van der Waals surface area (Å²) in [5, 5.41) is 1.59. The van der Waals surface area contributed by atoms with Crippen molar-refractivity contribution in [3.05, 3.63) is 35.5 Å². The summed E-state index contributed by atoms with van der Waals surface area (Å²) in [6.07, 6.45) is 1.92. The van der Waals surface area contributed by atoms with Crippen LogP contribution in [0.2, 0.25) is 0 Å². The summed E-state index contributed by atoms with van der Waals surface area (Å²) in [7, 11) is 0. The van der Waals surface area contributed by atoms with Crippen molar-refractivity contribution in [1.82, 2.24) is 4.57 Å². The average Bonchev–Trinajstić information content (AvgIpc) is 2.47. The van der Waals surface area contributed by atoms with Gasteiger partial charge in [-0.15, -0.1) is 0 Å². The Kier molecular flexibility index (Phi) is 2.04. The first-order valence-electron chi connectivity index (χ1n) is 4.47. The summed E-state index contributed by atoms with van der Waals surface area (Å²) in [5.41, 5.74) is 9.21. The Bertz CT molecular complexity index is 511. The highest BCUT2D eigenvalue weighted by Crippen LogP contribution is 2.21. The molecule has 0 saturated heterocycles. The molecule has 1 aromatic carbocycles. The normalized spacial score (nSPS) is 10.7. The lowest BCUT2D eigenvalue weighted by Gasteiger charge is -2.05. The summed E-state index contributed by atoms with van der Waals surface area (Å²) in [4.78, 5) is 0. The first-order chi connectivity index (χ1) is 6.59. The summed E-state index contributed by atoms with van der Waals surface area (Å²) >= 11 is 4.98. The Hall–Kier alpha value is -1.35. The minimum Gasteiger partial charge on any atom is -0.376 e. The average molecular weight is 204 g/mol. The minimum atomic E-state index is 0.395. The van der Waals surface area contributed by atoms with Crippen LogP contribution in [0.15, 0.2) is 24.4 Å². The van der Waals surface area contributed by atoms with Crippen molar-refractivity contribution in [1.29, 1.82) is 0 Å². The number of thiocarbonyl (C=S) groups is 1. The van der Waals surface area contributed by atoms with E-state index < -0.39 is 0 Å². The molecule has 0 fully saturated rings. The largest absolute Gasteiger partial charge is 0.376 e. The Labute approximate surface area is 88.3 Å². The van der Waals surface area contributed by atoms with Gasteiger partial charge in [-0.1, -0.05) is 11.6 Å². The molecule has 0 saturated carbocycles. The molecule has 3 heteroatoms. The minimum absolute atomic E-state index is 0.395. The second-order valence-corrected chi connectivity index (χ2v) is 3.96. The molecule has 0 unspecified atom stereocenters. The summed E-state index contributed by atoms with van der Waals surface area (Å²) in [6.45, 7) is 4.16. The van der Waals surface area contributed by atoms with Gasteiger partial charge in [0.25, 0.3) is 0 Å². The van der Waals surface area contributed by atoms with Gasteiger partial charge < -0.3 is 5.73 Å². The van der Waals surface area contributed by atoms with Crippen LogP contribution in [0.25, 0.3) is 10.9 Å². The van der Waals surface area contributed by atoms with E-state index in [1.165, 1.54) is 16.5 Å². The second-order valence-electron chi connectivity index (χ2n) is 3.54. The number of benzene rings is 1. The maximum Gasteiger partial charge on any atom is 0.175 e. The zero-order chi connectivity index (χ0) is 10.3. The summed E-state index contributed by atoms with van der Waals surface area (Å²) in [5.74, 6) is 0. The molecule has 1 heterocycles. The Morgan fingerprint density at radius 1 is 1.36 bits per heavy atom. The number of nitrogens with zero attached hydrogens (tertiary/aromatic N) is 1. The van der Waals surface area contributed by atoms with Gasteiger partial charge in [-0.3, -0.25) is 4.57 Å². The molecule has 0 amide bonds. The molecule has 72 valence electrons. The number of hydrogen-bond acceptors (Lipinski definition) is 1. The molecule has 0 radical (unpaired) electrons. The van der Waals surface area contributed by atoms with Crippen molar-refractivity contribution in [2.24, 2.45) is 5.73 Å². The first kappa shape index (κ1) is 9.21. The number of nitrogens with two attached hydrogens (primary N) is 1. The van der Waals surface area contributed by atoms with Gasteiger partial charge in [-0.2, -0.15) is 0 Å². The Morgan fingerprint density at radius 2 is 2.07 bits per heavy atom. The van der Waals surface area contributed by atoms with Gasteiger partial charge in [0.15, 0.2) is 5.11 Å².